The standard InChI is InChI=1S/C12H20N4O7S/c17-11(14-22-7-8-2-1-5-13-8)10-4-3-9-6-15(10)12(18)16(9)23-24(19,20)21/h8-10,13H,1-7H2,(H,14,17)(H,19,20,21)/t8-,9?,10+/m1/s1. The zero-order valence-electron chi connectivity index (χ0n) is 12.9. The van der Waals surface area contributed by atoms with Gasteiger partial charge in [-0.25, -0.2) is 10.3 Å². The van der Waals surface area contributed by atoms with Crippen LogP contribution >= 0.6 is 0 Å². The van der Waals surface area contributed by atoms with Gasteiger partial charge in [-0.2, -0.15) is 13.5 Å². The van der Waals surface area contributed by atoms with Crippen molar-refractivity contribution in [3.63, 3.8) is 0 Å². The van der Waals surface area contributed by atoms with Gasteiger partial charge < -0.3 is 10.2 Å². The molecule has 3 saturated heterocycles. The van der Waals surface area contributed by atoms with Gasteiger partial charge >= 0.3 is 16.4 Å². The summed E-state index contributed by atoms with van der Waals surface area (Å²) < 4.78 is 34.7. The molecule has 11 nitrogen and oxygen atoms in total. The van der Waals surface area contributed by atoms with Crippen molar-refractivity contribution in [1.29, 1.82) is 0 Å². The highest BCUT2D eigenvalue weighted by Gasteiger charge is 2.49. The molecule has 2 bridgehead atoms. The zero-order chi connectivity index (χ0) is 17.3. The maximum absolute atomic E-state index is 12.2. The highest BCUT2D eigenvalue weighted by molar-refractivity contribution is 7.80. The van der Waals surface area contributed by atoms with E-state index in [1.807, 2.05) is 0 Å². The SMILES string of the molecule is O=C(NOC[C@H]1CCCN1)[C@@H]1CCC2CN1C(=O)N2OS(=O)(=O)O. The predicted molar refractivity (Wildman–Crippen MR) is 78.5 cm³/mol. The van der Waals surface area contributed by atoms with E-state index in [9.17, 15) is 18.0 Å². The Kier molecular flexibility index (Phi) is 4.92. The number of nitrogens with zero attached hydrogens (tertiary/aromatic N) is 2. The van der Waals surface area contributed by atoms with Crippen LogP contribution in [0.3, 0.4) is 0 Å². The van der Waals surface area contributed by atoms with E-state index < -0.39 is 34.4 Å². The van der Waals surface area contributed by atoms with Gasteiger partial charge in [-0.3, -0.25) is 14.2 Å². The number of fused-ring (bicyclic) bond motifs is 2. The first-order valence-corrected chi connectivity index (χ1v) is 9.13. The fourth-order valence-corrected chi connectivity index (χ4v) is 3.67. The average molecular weight is 364 g/mol. The molecule has 3 heterocycles. The van der Waals surface area contributed by atoms with Crippen molar-refractivity contribution in [1.82, 2.24) is 20.8 Å². The fraction of sp³-hybridized carbons (Fsp3) is 0.833. The lowest BCUT2D eigenvalue weighted by atomic mass is 10.0. The van der Waals surface area contributed by atoms with Gasteiger partial charge in [0.15, 0.2) is 0 Å². The van der Waals surface area contributed by atoms with Gasteiger partial charge in [0.25, 0.3) is 5.91 Å². The van der Waals surface area contributed by atoms with Gasteiger partial charge in [0, 0.05) is 12.6 Å². The molecule has 3 aliphatic rings. The van der Waals surface area contributed by atoms with E-state index in [0.29, 0.717) is 24.5 Å². The molecule has 3 aliphatic heterocycles. The minimum atomic E-state index is -4.79. The van der Waals surface area contributed by atoms with Crippen LogP contribution in [0.15, 0.2) is 0 Å². The predicted octanol–water partition coefficient (Wildman–Crippen LogP) is -1.21. The monoisotopic (exact) mass is 364 g/mol. The Labute approximate surface area is 139 Å². The summed E-state index contributed by atoms with van der Waals surface area (Å²) >= 11 is 0. The van der Waals surface area contributed by atoms with Gasteiger partial charge in [0.1, 0.15) is 6.04 Å². The lowest BCUT2D eigenvalue weighted by Gasteiger charge is -2.29. The molecule has 3 fully saturated rings. The highest BCUT2D eigenvalue weighted by Crippen LogP contribution is 2.30. The quantitative estimate of drug-likeness (QED) is 0.394. The van der Waals surface area contributed by atoms with Crippen molar-refractivity contribution in [2.75, 3.05) is 19.7 Å². The first kappa shape index (κ1) is 17.4. The van der Waals surface area contributed by atoms with Gasteiger partial charge in [-0.05, 0) is 32.2 Å². The number of hydrogen-bond donors (Lipinski definition) is 3. The molecule has 3 atom stereocenters. The van der Waals surface area contributed by atoms with Gasteiger partial charge in [0.05, 0.1) is 12.6 Å². The number of carbonyl (C=O) groups excluding carboxylic acids is 2. The molecule has 3 rings (SSSR count). The second kappa shape index (κ2) is 6.80. The number of urea groups is 1. The van der Waals surface area contributed by atoms with Crippen LogP contribution in [0.4, 0.5) is 4.79 Å². The average Bonchev–Trinajstić information content (AvgIpc) is 3.10. The van der Waals surface area contributed by atoms with Gasteiger partial charge in [0.2, 0.25) is 0 Å². The third-order valence-electron chi connectivity index (χ3n) is 4.42. The first-order chi connectivity index (χ1) is 11.3. The van der Waals surface area contributed by atoms with Gasteiger partial charge in [-0.15, -0.1) is 4.28 Å². The van der Waals surface area contributed by atoms with Crippen LogP contribution in [-0.2, 0) is 24.3 Å². The first-order valence-electron chi connectivity index (χ1n) is 7.77. The lowest BCUT2D eigenvalue weighted by molar-refractivity contribution is -0.139. The van der Waals surface area contributed by atoms with E-state index in [1.165, 1.54) is 4.90 Å². The summed E-state index contributed by atoms with van der Waals surface area (Å²) in [4.78, 5) is 30.8. The van der Waals surface area contributed by atoms with Crippen LogP contribution in [0, 0.1) is 0 Å². The highest BCUT2D eigenvalue weighted by atomic mass is 32.3. The van der Waals surface area contributed by atoms with Crippen molar-refractivity contribution < 1.29 is 31.7 Å². The van der Waals surface area contributed by atoms with Crippen LogP contribution < -0.4 is 10.8 Å². The van der Waals surface area contributed by atoms with E-state index >= 15 is 0 Å². The molecule has 136 valence electrons. The van der Waals surface area contributed by atoms with Crippen molar-refractivity contribution in [3.05, 3.63) is 0 Å². The molecule has 0 aromatic heterocycles. The van der Waals surface area contributed by atoms with Crippen molar-refractivity contribution >= 4 is 22.3 Å². The molecule has 0 radical (unpaired) electrons. The maximum atomic E-state index is 12.2. The molecule has 0 aromatic carbocycles. The summed E-state index contributed by atoms with van der Waals surface area (Å²) in [6.07, 6.45) is 2.77. The number of piperidine rings is 1. The van der Waals surface area contributed by atoms with Crippen LogP contribution in [-0.4, -0.2) is 72.7 Å². The minimum Gasteiger partial charge on any atom is -0.312 e. The normalized spacial score (nSPS) is 30.0. The van der Waals surface area contributed by atoms with Crippen LogP contribution in [0.1, 0.15) is 25.7 Å². The zero-order valence-corrected chi connectivity index (χ0v) is 13.7. The lowest BCUT2D eigenvalue weighted by Crippen LogP contribution is -2.50. The van der Waals surface area contributed by atoms with E-state index in [2.05, 4.69) is 15.1 Å². The molecule has 0 spiro atoms. The van der Waals surface area contributed by atoms with Crippen molar-refractivity contribution in [2.24, 2.45) is 0 Å². The van der Waals surface area contributed by atoms with E-state index in [1.54, 1.807) is 0 Å². The Hall–Kier alpha value is -1.47. The van der Waals surface area contributed by atoms with Crippen LogP contribution in [0.2, 0.25) is 0 Å². The summed E-state index contributed by atoms with van der Waals surface area (Å²) in [7, 11) is -4.79. The van der Waals surface area contributed by atoms with Crippen molar-refractivity contribution in [3.8, 4) is 0 Å². The molecule has 24 heavy (non-hydrogen) atoms. The summed E-state index contributed by atoms with van der Waals surface area (Å²) in [5, 5.41) is 3.83. The Balaban J connectivity index is 1.54. The topological polar surface area (TPSA) is 138 Å². The fourth-order valence-electron chi connectivity index (χ4n) is 3.28. The number of hydrogen-bond acceptors (Lipinski definition) is 7. The molecular formula is C12H20N4O7S. The van der Waals surface area contributed by atoms with E-state index in [0.717, 1.165) is 19.4 Å². The summed E-state index contributed by atoms with van der Waals surface area (Å²) in [5.41, 5.74) is 2.35. The number of hydroxylamine groups is 3. The number of rotatable bonds is 6. The third kappa shape index (κ3) is 3.78. The second-order valence-corrected chi connectivity index (χ2v) is 7.09. The summed E-state index contributed by atoms with van der Waals surface area (Å²) in [6.45, 7) is 1.42. The Morgan fingerprint density at radius 1 is 1.38 bits per heavy atom. The molecule has 0 saturated carbocycles. The smallest absolute Gasteiger partial charge is 0.312 e. The molecule has 0 aliphatic carbocycles. The van der Waals surface area contributed by atoms with E-state index in [-0.39, 0.29) is 12.6 Å². The van der Waals surface area contributed by atoms with Crippen LogP contribution in [0.25, 0.3) is 0 Å². The Morgan fingerprint density at radius 2 is 2.17 bits per heavy atom. The second-order valence-electron chi connectivity index (χ2n) is 6.08. The molecule has 0 aromatic rings. The van der Waals surface area contributed by atoms with Crippen LogP contribution in [0.5, 0.6) is 0 Å². The number of nitrogens with one attached hydrogen (secondary N) is 2. The Morgan fingerprint density at radius 3 is 2.83 bits per heavy atom. The number of amides is 3. The Bertz CT molecular complexity index is 607. The summed E-state index contributed by atoms with van der Waals surface area (Å²) in [5.74, 6) is -0.464. The molecule has 1 unspecified atom stereocenters. The molecule has 12 heteroatoms. The van der Waals surface area contributed by atoms with E-state index in [4.69, 9.17) is 9.39 Å². The van der Waals surface area contributed by atoms with Gasteiger partial charge in [-0.1, -0.05) is 0 Å². The molecule has 3 amide bonds. The minimum absolute atomic E-state index is 0.149. The largest absolute Gasteiger partial charge is 0.418 e. The number of carbonyl (C=O) groups is 2. The summed E-state index contributed by atoms with van der Waals surface area (Å²) in [6, 6.07) is -1.85. The maximum Gasteiger partial charge on any atom is 0.418 e. The molecular weight excluding hydrogens is 344 g/mol. The van der Waals surface area contributed by atoms with Crippen molar-refractivity contribution in [2.45, 2.75) is 43.8 Å². The molecule has 3 N–H and O–H groups in total. The third-order valence-corrected chi connectivity index (χ3v) is 4.77.